The van der Waals surface area contributed by atoms with E-state index in [1.54, 1.807) is 0 Å². The van der Waals surface area contributed by atoms with Crippen LogP contribution >= 0.6 is 0 Å². The van der Waals surface area contributed by atoms with Gasteiger partial charge in [0.25, 0.3) is 0 Å². The van der Waals surface area contributed by atoms with E-state index < -0.39 is 0 Å². The summed E-state index contributed by atoms with van der Waals surface area (Å²) in [6, 6.07) is 14.9. The lowest BCUT2D eigenvalue weighted by Gasteiger charge is -2.33. The summed E-state index contributed by atoms with van der Waals surface area (Å²) in [5.41, 5.74) is 4.79. The molecule has 2 aromatic carbocycles. The van der Waals surface area contributed by atoms with Gasteiger partial charge in [0.05, 0.1) is 19.8 Å². The first-order chi connectivity index (χ1) is 15.6. The summed E-state index contributed by atoms with van der Waals surface area (Å²) in [7, 11) is 2.13. The van der Waals surface area contributed by atoms with E-state index in [2.05, 4.69) is 66.2 Å². The average molecular weight is 438 g/mol. The minimum atomic E-state index is 0.174. The molecule has 0 radical (unpaired) electrons. The number of carbonyl (C=O) groups is 1. The molecule has 6 nitrogen and oxygen atoms in total. The number of piperazine rings is 1. The normalized spacial score (nSPS) is 19.0. The number of ether oxygens (including phenoxy) is 2. The number of likely N-dealkylation sites (N-methyl/N-ethyl adjacent to an activating group) is 1. The van der Waals surface area contributed by atoms with Crippen LogP contribution in [0, 0.1) is 6.92 Å². The predicted octanol–water partition coefficient (Wildman–Crippen LogP) is 2.57. The second-order valence-electron chi connectivity index (χ2n) is 8.96. The molecule has 6 heteroatoms. The Kier molecular flexibility index (Phi) is 7.79. The molecule has 0 spiro atoms. The van der Waals surface area contributed by atoms with E-state index in [1.807, 2.05) is 4.90 Å². The van der Waals surface area contributed by atoms with Gasteiger partial charge in [-0.15, -0.1) is 0 Å². The van der Waals surface area contributed by atoms with Gasteiger partial charge in [-0.25, -0.2) is 0 Å². The van der Waals surface area contributed by atoms with Crippen LogP contribution in [0.25, 0.3) is 0 Å². The molecule has 2 aliphatic rings. The quantitative estimate of drug-likeness (QED) is 0.723. The minimum absolute atomic E-state index is 0.174. The predicted molar refractivity (Wildman–Crippen MR) is 126 cm³/mol. The van der Waals surface area contributed by atoms with Gasteiger partial charge in [-0.2, -0.15) is 0 Å². The molecular formula is C26H35N3O3. The molecule has 2 heterocycles. The molecule has 2 aromatic rings. The van der Waals surface area contributed by atoms with Gasteiger partial charge in [-0.1, -0.05) is 42.0 Å². The van der Waals surface area contributed by atoms with Crippen molar-refractivity contribution in [2.45, 2.75) is 19.9 Å². The second-order valence-corrected chi connectivity index (χ2v) is 8.96. The fraction of sp³-hybridized carbons (Fsp3) is 0.500. The molecule has 0 aromatic heterocycles. The third-order valence-electron chi connectivity index (χ3n) is 6.27. The van der Waals surface area contributed by atoms with E-state index in [0.29, 0.717) is 39.5 Å². The molecule has 172 valence electrons. The van der Waals surface area contributed by atoms with E-state index in [9.17, 15) is 4.79 Å². The van der Waals surface area contributed by atoms with Crippen molar-refractivity contribution in [1.29, 1.82) is 0 Å². The van der Waals surface area contributed by atoms with Crippen molar-refractivity contribution >= 4 is 5.91 Å². The first-order valence-electron chi connectivity index (χ1n) is 11.6. The molecule has 2 aliphatic heterocycles. The average Bonchev–Trinajstić information content (AvgIpc) is 2.78. The molecule has 32 heavy (non-hydrogen) atoms. The van der Waals surface area contributed by atoms with Crippen molar-refractivity contribution in [2.75, 3.05) is 66.1 Å². The highest BCUT2D eigenvalue weighted by Crippen LogP contribution is 2.24. The van der Waals surface area contributed by atoms with Crippen LogP contribution in [0.15, 0.2) is 42.5 Å². The first kappa shape index (κ1) is 22.8. The molecule has 4 rings (SSSR count). The zero-order chi connectivity index (χ0) is 22.3. The highest BCUT2D eigenvalue weighted by Gasteiger charge is 2.21. The lowest BCUT2D eigenvalue weighted by Crippen LogP contribution is -2.49. The van der Waals surface area contributed by atoms with E-state index in [0.717, 1.165) is 43.9 Å². The molecule has 0 unspecified atom stereocenters. The molecule has 1 saturated heterocycles. The standard InChI is InChI=1S/C26H35N3O3/c1-21-6-7-25-24(16-21)18-22-4-3-5-23(17-22)19-29(12-13-31-14-15-32-25)26(30)20-28-10-8-27(2)9-11-28/h3-7,16-17H,8-15,18-20H2,1-2H3. The Labute approximate surface area is 191 Å². The molecule has 0 aliphatic carbocycles. The molecule has 2 bridgehead atoms. The van der Waals surface area contributed by atoms with Crippen molar-refractivity contribution < 1.29 is 14.3 Å². The van der Waals surface area contributed by atoms with Gasteiger partial charge in [-0.05, 0) is 36.7 Å². The first-order valence-corrected chi connectivity index (χ1v) is 11.6. The van der Waals surface area contributed by atoms with Crippen LogP contribution in [-0.2, 0) is 22.5 Å². The van der Waals surface area contributed by atoms with Crippen LogP contribution in [0.3, 0.4) is 0 Å². The van der Waals surface area contributed by atoms with Gasteiger partial charge >= 0.3 is 0 Å². The highest BCUT2D eigenvalue weighted by atomic mass is 16.5. The Hall–Kier alpha value is -2.41. The number of aryl methyl sites for hydroxylation is 1. The molecule has 1 fully saturated rings. The molecule has 0 N–H and O–H groups in total. The van der Waals surface area contributed by atoms with Crippen LogP contribution in [0.2, 0.25) is 0 Å². The van der Waals surface area contributed by atoms with Crippen LogP contribution in [-0.4, -0.2) is 86.7 Å². The van der Waals surface area contributed by atoms with Gasteiger partial charge in [0.15, 0.2) is 0 Å². The highest BCUT2D eigenvalue weighted by molar-refractivity contribution is 5.78. The van der Waals surface area contributed by atoms with Crippen LogP contribution in [0.1, 0.15) is 22.3 Å². The van der Waals surface area contributed by atoms with Crippen molar-refractivity contribution in [3.05, 3.63) is 64.7 Å². The number of amides is 1. The van der Waals surface area contributed by atoms with Crippen molar-refractivity contribution in [1.82, 2.24) is 14.7 Å². The van der Waals surface area contributed by atoms with E-state index >= 15 is 0 Å². The smallest absolute Gasteiger partial charge is 0.237 e. The topological polar surface area (TPSA) is 45.3 Å². The zero-order valence-corrected chi connectivity index (χ0v) is 19.4. The Morgan fingerprint density at radius 3 is 2.59 bits per heavy atom. The van der Waals surface area contributed by atoms with E-state index in [-0.39, 0.29) is 5.91 Å². The second kappa shape index (κ2) is 10.9. The van der Waals surface area contributed by atoms with Gasteiger partial charge in [0.1, 0.15) is 12.4 Å². The fourth-order valence-electron chi connectivity index (χ4n) is 4.34. The number of rotatable bonds is 2. The van der Waals surface area contributed by atoms with E-state index in [4.69, 9.17) is 9.47 Å². The monoisotopic (exact) mass is 437 g/mol. The Balaban J connectivity index is 1.50. The third kappa shape index (κ3) is 6.31. The lowest BCUT2D eigenvalue weighted by atomic mass is 10.0. The van der Waals surface area contributed by atoms with Crippen molar-refractivity contribution in [3.63, 3.8) is 0 Å². The summed E-state index contributed by atoms with van der Waals surface area (Å²) in [5.74, 6) is 1.10. The van der Waals surface area contributed by atoms with E-state index in [1.165, 1.54) is 16.7 Å². The molecule has 1 amide bonds. The van der Waals surface area contributed by atoms with Crippen molar-refractivity contribution in [3.8, 4) is 5.75 Å². The zero-order valence-electron chi connectivity index (χ0n) is 19.4. The maximum Gasteiger partial charge on any atom is 0.237 e. The third-order valence-corrected chi connectivity index (χ3v) is 6.27. The maximum atomic E-state index is 13.2. The summed E-state index contributed by atoms with van der Waals surface area (Å²) >= 11 is 0. The SMILES string of the molecule is Cc1ccc2c(c1)Cc1cccc(c1)CN(C(=O)CN1CCN(C)CC1)CCOCCO2. The lowest BCUT2D eigenvalue weighted by molar-refractivity contribution is -0.134. The fourth-order valence-corrected chi connectivity index (χ4v) is 4.34. The maximum absolute atomic E-state index is 13.2. The summed E-state index contributed by atoms with van der Waals surface area (Å²) in [4.78, 5) is 19.7. The molecular weight excluding hydrogens is 402 g/mol. The number of hydrogen-bond acceptors (Lipinski definition) is 5. The Morgan fingerprint density at radius 2 is 1.75 bits per heavy atom. The number of nitrogens with zero attached hydrogens (tertiary/aromatic N) is 3. The number of benzene rings is 2. The van der Waals surface area contributed by atoms with Crippen LogP contribution in [0.5, 0.6) is 5.75 Å². The minimum Gasteiger partial charge on any atom is -0.491 e. The summed E-state index contributed by atoms with van der Waals surface area (Å²) in [5, 5.41) is 0. The summed E-state index contributed by atoms with van der Waals surface area (Å²) in [6.45, 7) is 9.23. The number of hydrogen-bond donors (Lipinski definition) is 0. The van der Waals surface area contributed by atoms with Gasteiger partial charge in [-0.3, -0.25) is 9.69 Å². The number of carbonyl (C=O) groups excluding carboxylic acids is 1. The summed E-state index contributed by atoms with van der Waals surface area (Å²) in [6.07, 6.45) is 0.807. The van der Waals surface area contributed by atoms with Gasteiger partial charge in [0, 0.05) is 45.7 Å². The molecule has 0 atom stereocenters. The largest absolute Gasteiger partial charge is 0.491 e. The van der Waals surface area contributed by atoms with Gasteiger partial charge in [0.2, 0.25) is 5.91 Å². The van der Waals surface area contributed by atoms with Crippen LogP contribution in [0.4, 0.5) is 0 Å². The molecule has 0 saturated carbocycles. The summed E-state index contributed by atoms with van der Waals surface area (Å²) < 4.78 is 11.8. The van der Waals surface area contributed by atoms with Gasteiger partial charge < -0.3 is 19.3 Å². The number of fused-ring (bicyclic) bond motifs is 3. The van der Waals surface area contributed by atoms with Crippen LogP contribution < -0.4 is 4.74 Å². The van der Waals surface area contributed by atoms with Crippen molar-refractivity contribution in [2.24, 2.45) is 0 Å². The Bertz CT molecular complexity index is 909. The Morgan fingerprint density at radius 1 is 0.938 bits per heavy atom.